The normalized spacial score (nSPS) is 10.9. The smallest absolute Gasteiger partial charge is 0.213 e. The summed E-state index contributed by atoms with van der Waals surface area (Å²) >= 11 is 0. The van der Waals surface area contributed by atoms with E-state index in [0.717, 1.165) is 12.2 Å². The molecule has 0 atom stereocenters. The number of aromatic nitrogens is 5. The molecule has 0 spiro atoms. The summed E-state index contributed by atoms with van der Waals surface area (Å²) < 4.78 is 6.23. The summed E-state index contributed by atoms with van der Waals surface area (Å²) in [6.45, 7) is 1.90. The first-order valence-corrected chi connectivity index (χ1v) is 5.34. The number of rotatable bonds is 7. The standard InChI is InChI=1S/C9H14N6O2/c16-4-3-15-6-8(12-14-15)5-10-2-1-9-11-7-17-13-9/h6-7,10,16H,1-5H2. The Balaban J connectivity index is 1.67. The molecule has 0 saturated heterocycles. The Morgan fingerprint density at radius 2 is 2.41 bits per heavy atom. The van der Waals surface area contributed by atoms with Gasteiger partial charge in [0.15, 0.2) is 5.82 Å². The van der Waals surface area contributed by atoms with Gasteiger partial charge in [-0.25, -0.2) is 4.68 Å². The van der Waals surface area contributed by atoms with Crippen LogP contribution < -0.4 is 5.32 Å². The average Bonchev–Trinajstić information content (AvgIpc) is 2.96. The third kappa shape index (κ3) is 3.61. The lowest BCUT2D eigenvalue weighted by molar-refractivity contribution is 0.268. The largest absolute Gasteiger partial charge is 0.394 e. The van der Waals surface area contributed by atoms with Crippen molar-refractivity contribution in [3.63, 3.8) is 0 Å². The van der Waals surface area contributed by atoms with Crippen molar-refractivity contribution >= 4 is 0 Å². The van der Waals surface area contributed by atoms with Crippen LogP contribution >= 0.6 is 0 Å². The fourth-order valence-corrected chi connectivity index (χ4v) is 1.35. The number of hydrogen-bond acceptors (Lipinski definition) is 7. The molecule has 2 N–H and O–H groups in total. The van der Waals surface area contributed by atoms with Gasteiger partial charge in [-0.3, -0.25) is 0 Å². The zero-order chi connectivity index (χ0) is 11.9. The van der Waals surface area contributed by atoms with Crippen LogP contribution in [0.2, 0.25) is 0 Å². The molecule has 0 unspecified atom stereocenters. The number of nitrogens with one attached hydrogen (secondary N) is 1. The Bertz CT molecular complexity index is 426. The van der Waals surface area contributed by atoms with E-state index in [1.807, 2.05) is 0 Å². The molecule has 0 aliphatic heterocycles. The van der Waals surface area contributed by atoms with Gasteiger partial charge in [0.25, 0.3) is 0 Å². The highest BCUT2D eigenvalue weighted by molar-refractivity contribution is 4.91. The minimum Gasteiger partial charge on any atom is -0.394 e. The van der Waals surface area contributed by atoms with Crippen molar-refractivity contribution in [3.8, 4) is 0 Å². The SMILES string of the molecule is OCCn1cc(CNCCc2ncon2)nn1. The van der Waals surface area contributed by atoms with Crippen molar-refractivity contribution in [2.75, 3.05) is 13.2 Å². The minimum atomic E-state index is 0.0635. The molecule has 0 bridgehead atoms. The average molecular weight is 238 g/mol. The number of aliphatic hydroxyl groups is 1. The van der Waals surface area contributed by atoms with Crippen molar-refractivity contribution in [2.24, 2.45) is 0 Å². The van der Waals surface area contributed by atoms with Gasteiger partial charge >= 0.3 is 0 Å². The molecular formula is C9H14N6O2. The molecular weight excluding hydrogens is 224 g/mol. The van der Waals surface area contributed by atoms with Crippen molar-refractivity contribution < 1.29 is 9.63 Å². The summed E-state index contributed by atoms with van der Waals surface area (Å²) in [5, 5.41) is 23.4. The highest BCUT2D eigenvalue weighted by atomic mass is 16.5. The van der Waals surface area contributed by atoms with E-state index in [9.17, 15) is 0 Å². The molecule has 0 aliphatic carbocycles. The lowest BCUT2D eigenvalue weighted by atomic mass is 10.4. The van der Waals surface area contributed by atoms with Gasteiger partial charge in [-0.05, 0) is 0 Å². The van der Waals surface area contributed by atoms with Crippen LogP contribution in [0, 0.1) is 0 Å². The van der Waals surface area contributed by atoms with E-state index in [4.69, 9.17) is 5.11 Å². The quantitative estimate of drug-likeness (QED) is 0.595. The monoisotopic (exact) mass is 238 g/mol. The van der Waals surface area contributed by atoms with Crippen LogP contribution in [0.15, 0.2) is 17.1 Å². The molecule has 8 heteroatoms. The van der Waals surface area contributed by atoms with Gasteiger partial charge < -0.3 is 14.9 Å². The van der Waals surface area contributed by atoms with Crippen LogP contribution in [-0.4, -0.2) is 43.4 Å². The second kappa shape index (κ2) is 6.06. The van der Waals surface area contributed by atoms with E-state index in [1.54, 1.807) is 10.9 Å². The number of aliphatic hydroxyl groups excluding tert-OH is 1. The summed E-state index contributed by atoms with van der Waals surface area (Å²) in [5.74, 6) is 0.682. The van der Waals surface area contributed by atoms with Gasteiger partial charge in [0.05, 0.1) is 18.8 Å². The Hall–Kier alpha value is -1.80. The topological polar surface area (TPSA) is 102 Å². The molecule has 2 aromatic rings. The van der Waals surface area contributed by atoms with Crippen LogP contribution in [0.1, 0.15) is 11.5 Å². The van der Waals surface area contributed by atoms with Crippen molar-refractivity contribution in [3.05, 3.63) is 24.1 Å². The Morgan fingerprint density at radius 1 is 1.47 bits per heavy atom. The maximum Gasteiger partial charge on any atom is 0.213 e. The fourth-order valence-electron chi connectivity index (χ4n) is 1.35. The molecule has 0 aliphatic rings. The zero-order valence-electron chi connectivity index (χ0n) is 9.28. The van der Waals surface area contributed by atoms with E-state index in [0.29, 0.717) is 25.3 Å². The third-order valence-electron chi connectivity index (χ3n) is 2.15. The zero-order valence-corrected chi connectivity index (χ0v) is 9.28. The van der Waals surface area contributed by atoms with Crippen molar-refractivity contribution in [1.82, 2.24) is 30.5 Å². The predicted molar refractivity (Wildman–Crippen MR) is 56.8 cm³/mol. The van der Waals surface area contributed by atoms with Gasteiger partial charge in [-0.1, -0.05) is 10.4 Å². The molecule has 92 valence electrons. The van der Waals surface area contributed by atoms with Gasteiger partial charge in [-0.2, -0.15) is 4.98 Å². The summed E-state index contributed by atoms with van der Waals surface area (Å²) in [5.41, 5.74) is 0.839. The van der Waals surface area contributed by atoms with E-state index >= 15 is 0 Å². The second-order valence-electron chi connectivity index (χ2n) is 3.47. The lowest BCUT2D eigenvalue weighted by Crippen LogP contribution is -2.17. The van der Waals surface area contributed by atoms with E-state index in [2.05, 4.69) is 30.3 Å². The second-order valence-corrected chi connectivity index (χ2v) is 3.47. The molecule has 0 fully saturated rings. The van der Waals surface area contributed by atoms with Crippen molar-refractivity contribution in [2.45, 2.75) is 19.5 Å². The summed E-state index contributed by atoms with van der Waals surface area (Å²) in [7, 11) is 0. The minimum absolute atomic E-state index is 0.0635. The van der Waals surface area contributed by atoms with Crippen LogP contribution in [0.4, 0.5) is 0 Å². The van der Waals surface area contributed by atoms with E-state index in [1.165, 1.54) is 6.39 Å². The first-order valence-electron chi connectivity index (χ1n) is 5.34. The summed E-state index contributed by atoms with van der Waals surface area (Å²) in [6.07, 6.45) is 3.83. The summed E-state index contributed by atoms with van der Waals surface area (Å²) in [6, 6.07) is 0. The van der Waals surface area contributed by atoms with E-state index < -0.39 is 0 Å². The summed E-state index contributed by atoms with van der Waals surface area (Å²) in [4.78, 5) is 3.91. The van der Waals surface area contributed by atoms with Gasteiger partial charge in [-0.15, -0.1) is 5.10 Å². The molecule has 2 rings (SSSR count). The number of hydrogen-bond donors (Lipinski definition) is 2. The highest BCUT2D eigenvalue weighted by Gasteiger charge is 2.01. The van der Waals surface area contributed by atoms with Gasteiger partial charge in [0.2, 0.25) is 6.39 Å². The first-order chi connectivity index (χ1) is 8.38. The molecule has 0 radical (unpaired) electrons. The number of nitrogens with zero attached hydrogens (tertiary/aromatic N) is 5. The maximum absolute atomic E-state index is 8.72. The van der Waals surface area contributed by atoms with Crippen LogP contribution in [-0.2, 0) is 19.5 Å². The highest BCUT2D eigenvalue weighted by Crippen LogP contribution is 1.93. The van der Waals surface area contributed by atoms with Gasteiger partial charge in [0.1, 0.15) is 0 Å². The Morgan fingerprint density at radius 3 is 3.18 bits per heavy atom. The molecule has 2 heterocycles. The lowest BCUT2D eigenvalue weighted by Gasteiger charge is -1.98. The van der Waals surface area contributed by atoms with Crippen molar-refractivity contribution in [1.29, 1.82) is 0 Å². The first kappa shape index (κ1) is 11.7. The molecule has 0 saturated carbocycles. The Labute approximate surface area is 97.6 Å². The van der Waals surface area contributed by atoms with Crippen LogP contribution in [0.25, 0.3) is 0 Å². The van der Waals surface area contributed by atoms with Crippen LogP contribution in [0.3, 0.4) is 0 Å². The maximum atomic E-state index is 8.72. The molecule has 0 amide bonds. The molecule has 0 aromatic carbocycles. The predicted octanol–water partition coefficient (Wildman–Crippen LogP) is -1.01. The molecule has 17 heavy (non-hydrogen) atoms. The van der Waals surface area contributed by atoms with Gasteiger partial charge in [0, 0.05) is 25.7 Å². The fraction of sp³-hybridized carbons (Fsp3) is 0.556. The van der Waals surface area contributed by atoms with E-state index in [-0.39, 0.29) is 6.61 Å². The Kier molecular flexibility index (Phi) is 4.17. The molecule has 8 nitrogen and oxygen atoms in total. The third-order valence-corrected chi connectivity index (χ3v) is 2.15. The van der Waals surface area contributed by atoms with Crippen LogP contribution in [0.5, 0.6) is 0 Å². The molecule has 2 aromatic heterocycles.